The maximum atomic E-state index is 13.0. The number of para-hydroxylation sites is 1. The number of methoxy groups -OCH3 is 2. The van der Waals surface area contributed by atoms with Crippen LogP contribution in [-0.2, 0) is 17.4 Å². The van der Waals surface area contributed by atoms with E-state index in [1.165, 1.54) is 32.4 Å². The molecule has 140 valence electrons. The van der Waals surface area contributed by atoms with Crippen LogP contribution in [-0.4, -0.2) is 20.1 Å². The fourth-order valence-corrected chi connectivity index (χ4v) is 2.55. The van der Waals surface area contributed by atoms with Gasteiger partial charge in [-0.2, -0.15) is 13.2 Å². The van der Waals surface area contributed by atoms with Crippen molar-refractivity contribution in [3.8, 4) is 11.5 Å². The second-order valence-corrected chi connectivity index (χ2v) is 5.83. The first-order valence-corrected chi connectivity index (χ1v) is 7.94. The Kier molecular flexibility index (Phi) is 6.13. The van der Waals surface area contributed by atoms with Crippen LogP contribution in [0.2, 0.25) is 0 Å². The molecule has 2 rings (SSSR count). The van der Waals surface area contributed by atoms with Crippen LogP contribution in [0.15, 0.2) is 42.5 Å². The van der Waals surface area contributed by atoms with E-state index in [-0.39, 0.29) is 5.69 Å². The molecule has 0 saturated carbocycles. The molecule has 4 nitrogen and oxygen atoms in total. The Morgan fingerprint density at radius 1 is 1.08 bits per heavy atom. The van der Waals surface area contributed by atoms with Gasteiger partial charge >= 0.3 is 6.18 Å². The van der Waals surface area contributed by atoms with E-state index in [0.717, 1.165) is 11.6 Å². The van der Waals surface area contributed by atoms with Gasteiger partial charge in [-0.25, -0.2) is 0 Å². The first-order valence-electron chi connectivity index (χ1n) is 7.94. The number of alkyl halides is 3. The molecule has 0 heterocycles. The fourth-order valence-electron chi connectivity index (χ4n) is 2.55. The predicted molar refractivity (Wildman–Crippen MR) is 92.5 cm³/mol. The average molecular weight is 367 g/mol. The zero-order valence-electron chi connectivity index (χ0n) is 14.7. The van der Waals surface area contributed by atoms with Gasteiger partial charge in [0.1, 0.15) is 0 Å². The SMILES string of the molecule is COc1ccc(CC(C)C(=O)Nc2ccccc2C(F)(F)F)cc1OC. The number of nitrogens with one attached hydrogen (secondary N) is 1. The molecule has 1 atom stereocenters. The minimum absolute atomic E-state index is 0.246. The summed E-state index contributed by atoms with van der Waals surface area (Å²) < 4.78 is 49.4. The number of ether oxygens (including phenoxy) is 2. The lowest BCUT2D eigenvalue weighted by Gasteiger charge is -2.17. The Labute approximate surface area is 149 Å². The van der Waals surface area contributed by atoms with E-state index in [1.807, 2.05) is 0 Å². The van der Waals surface area contributed by atoms with Gasteiger partial charge in [-0.05, 0) is 36.2 Å². The lowest BCUT2D eigenvalue weighted by molar-refractivity contribution is -0.137. The third-order valence-corrected chi connectivity index (χ3v) is 3.93. The highest BCUT2D eigenvalue weighted by molar-refractivity contribution is 5.93. The zero-order chi connectivity index (χ0) is 19.3. The van der Waals surface area contributed by atoms with Crippen LogP contribution in [0.3, 0.4) is 0 Å². The van der Waals surface area contributed by atoms with E-state index < -0.39 is 23.6 Å². The van der Waals surface area contributed by atoms with Crippen LogP contribution in [0.5, 0.6) is 11.5 Å². The highest BCUT2D eigenvalue weighted by atomic mass is 19.4. The number of hydrogen-bond donors (Lipinski definition) is 1. The van der Waals surface area contributed by atoms with Gasteiger partial charge in [0.05, 0.1) is 25.5 Å². The van der Waals surface area contributed by atoms with Crippen LogP contribution in [0, 0.1) is 5.92 Å². The van der Waals surface area contributed by atoms with Crippen LogP contribution >= 0.6 is 0 Å². The smallest absolute Gasteiger partial charge is 0.418 e. The highest BCUT2D eigenvalue weighted by Gasteiger charge is 2.33. The number of benzene rings is 2. The summed E-state index contributed by atoms with van der Waals surface area (Å²) in [6.07, 6.45) is -4.18. The van der Waals surface area contributed by atoms with Gasteiger partial charge in [0.2, 0.25) is 5.91 Å². The number of carbonyl (C=O) groups is 1. The lowest BCUT2D eigenvalue weighted by atomic mass is 9.99. The van der Waals surface area contributed by atoms with Crippen molar-refractivity contribution < 1.29 is 27.4 Å². The summed E-state index contributed by atoms with van der Waals surface area (Å²) in [7, 11) is 3.03. The van der Waals surface area contributed by atoms with Gasteiger partial charge in [0.15, 0.2) is 11.5 Å². The molecule has 7 heteroatoms. The number of halogens is 3. The van der Waals surface area contributed by atoms with E-state index in [9.17, 15) is 18.0 Å². The van der Waals surface area contributed by atoms with Crippen LogP contribution < -0.4 is 14.8 Å². The topological polar surface area (TPSA) is 47.6 Å². The molecule has 1 unspecified atom stereocenters. The second kappa shape index (κ2) is 8.12. The average Bonchev–Trinajstić information content (AvgIpc) is 2.61. The number of amides is 1. The molecule has 1 amide bonds. The number of hydrogen-bond acceptors (Lipinski definition) is 3. The lowest BCUT2D eigenvalue weighted by Crippen LogP contribution is -2.24. The first-order chi connectivity index (χ1) is 12.3. The molecule has 0 fully saturated rings. The summed E-state index contributed by atoms with van der Waals surface area (Å²) in [5.41, 5.74) is -0.301. The summed E-state index contributed by atoms with van der Waals surface area (Å²) in [5, 5.41) is 2.37. The number of rotatable bonds is 6. The van der Waals surface area contributed by atoms with Gasteiger partial charge in [-0.15, -0.1) is 0 Å². The van der Waals surface area contributed by atoms with E-state index in [0.29, 0.717) is 17.9 Å². The van der Waals surface area contributed by atoms with Crippen molar-refractivity contribution in [1.29, 1.82) is 0 Å². The van der Waals surface area contributed by atoms with E-state index in [4.69, 9.17) is 9.47 Å². The van der Waals surface area contributed by atoms with Gasteiger partial charge in [0.25, 0.3) is 0 Å². The van der Waals surface area contributed by atoms with Gasteiger partial charge in [-0.1, -0.05) is 25.1 Å². The van der Waals surface area contributed by atoms with Crippen molar-refractivity contribution in [2.75, 3.05) is 19.5 Å². The van der Waals surface area contributed by atoms with E-state index in [1.54, 1.807) is 25.1 Å². The quantitative estimate of drug-likeness (QED) is 0.815. The Balaban J connectivity index is 2.12. The molecule has 2 aromatic carbocycles. The number of carbonyl (C=O) groups excluding carboxylic acids is 1. The molecule has 26 heavy (non-hydrogen) atoms. The molecule has 0 saturated heterocycles. The fraction of sp³-hybridized carbons (Fsp3) is 0.316. The summed E-state index contributed by atoms with van der Waals surface area (Å²) in [4.78, 5) is 12.3. The monoisotopic (exact) mass is 367 g/mol. The van der Waals surface area contributed by atoms with Crippen molar-refractivity contribution in [2.45, 2.75) is 19.5 Å². The largest absolute Gasteiger partial charge is 0.493 e. The van der Waals surface area contributed by atoms with Crippen LogP contribution in [0.4, 0.5) is 18.9 Å². The summed E-state index contributed by atoms with van der Waals surface area (Å²) in [6, 6.07) is 10.2. The second-order valence-electron chi connectivity index (χ2n) is 5.83. The minimum Gasteiger partial charge on any atom is -0.493 e. The summed E-state index contributed by atoms with van der Waals surface area (Å²) >= 11 is 0. The Morgan fingerprint density at radius 2 is 1.73 bits per heavy atom. The molecule has 0 aliphatic heterocycles. The Hall–Kier alpha value is -2.70. The minimum atomic E-state index is -4.53. The zero-order valence-corrected chi connectivity index (χ0v) is 14.7. The Morgan fingerprint density at radius 3 is 2.35 bits per heavy atom. The summed E-state index contributed by atoms with van der Waals surface area (Å²) in [6.45, 7) is 1.66. The van der Waals surface area contributed by atoms with Crippen LogP contribution in [0.25, 0.3) is 0 Å². The van der Waals surface area contributed by atoms with Crippen molar-refractivity contribution >= 4 is 11.6 Å². The van der Waals surface area contributed by atoms with Crippen molar-refractivity contribution in [1.82, 2.24) is 0 Å². The third-order valence-electron chi connectivity index (χ3n) is 3.93. The number of anilines is 1. The molecule has 0 radical (unpaired) electrons. The molecule has 0 aliphatic carbocycles. The first kappa shape index (κ1) is 19.6. The molecule has 0 spiro atoms. The highest BCUT2D eigenvalue weighted by Crippen LogP contribution is 2.35. The maximum Gasteiger partial charge on any atom is 0.418 e. The predicted octanol–water partition coefficient (Wildman–Crippen LogP) is 4.54. The van der Waals surface area contributed by atoms with E-state index in [2.05, 4.69) is 5.32 Å². The van der Waals surface area contributed by atoms with E-state index >= 15 is 0 Å². The summed E-state index contributed by atoms with van der Waals surface area (Å²) in [5.74, 6) is 0.0679. The molecular weight excluding hydrogens is 347 g/mol. The molecule has 0 aromatic heterocycles. The van der Waals surface area contributed by atoms with Crippen molar-refractivity contribution in [3.05, 3.63) is 53.6 Å². The van der Waals surface area contributed by atoms with Crippen LogP contribution in [0.1, 0.15) is 18.1 Å². The normalized spacial score (nSPS) is 12.4. The Bertz CT molecular complexity index is 775. The molecular formula is C19H20F3NO3. The molecule has 0 aliphatic rings. The standard InChI is InChI=1S/C19H20F3NO3/c1-12(10-13-8-9-16(25-2)17(11-13)26-3)18(24)23-15-7-5-4-6-14(15)19(20,21)22/h4-9,11-12H,10H2,1-3H3,(H,23,24). The maximum absolute atomic E-state index is 13.0. The molecule has 0 bridgehead atoms. The van der Waals surface area contributed by atoms with Gasteiger partial charge in [-0.3, -0.25) is 4.79 Å². The third kappa shape index (κ3) is 4.68. The molecule has 1 N–H and O–H groups in total. The van der Waals surface area contributed by atoms with Crippen molar-refractivity contribution in [2.24, 2.45) is 5.92 Å². The molecule has 2 aromatic rings. The van der Waals surface area contributed by atoms with Gasteiger partial charge in [0, 0.05) is 5.92 Å². The van der Waals surface area contributed by atoms with Crippen molar-refractivity contribution in [3.63, 3.8) is 0 Å². The van der Waals surface area contributed by atoms with Gasteiger partial charge < -0.3 is 14.8 Å².